The Bertz CT molecular complexity index is 437. The third kappa shape index (κ3) is 1.68. The maximum Gasteiger partial charge on any atom is 0.208 e. The first-order valence-corrected chi connectivity index (χ1v) is 5.62. The number of rotatable bonds is 3. The van der Waals surface area contributed by atoms with Crippen LogP contribution in [0.4, 0.5) is 5.95 Å². The smallest absolute Gasteiger partial charge is 0.208 e. The molecule has 4 nitrogen and oxygen atoms in total. The molecule has 0 aliphatic rings. The predicted octanol–water partition coefficient (Wildman–Crippen LogP) is 2.16. The summed E-state index contributed by atoms with van der Waals surface area (Å²) in [4.78, 5) is 8.58. The summed E-state index contributed by atoms with van der Waals surface area (Å²) in [5.41, 5.74) is 0.958. The van der Waals surface area contributed by atoms with E-state index in [-0.39, 0.29) is 0 Å². The number of aromatic nitrogens is 3. The molecule has 2 rings (SSSR count). The number of halogens is 1. The van der Waals surface area contributed by atoms with Crippen molar-refractivity contribution in [2.75, 3.05) is 11.9 Å². The van der Waals surface area contributed by atoms with Crippen molar-refractivity contribution >= 4 is 34.2 Å². The SMILES string of the molecule is CCCNc1ncc(I)c2nccn12. The Hall–Kier alpha value is -0.850. The molecule has 14 heavy (non-hydrogen) atoms. The topological polar surface area (TPSA) is 42.2 Å². The molecule has 0 saturated carbocycles. The van der Waals surface area contributed by atoms with Crippen LogP contribution in [-0.4, -0.2) is 20.9 Å². The molecular formula is C9H11IN4. The molecule has 0 bridgehead atoms. The molecule has 0 atom stereocenters. The van der Waals surface area contributed by atoms with Gasteiger partial charge in [0.05, 0.1) is 3.57 Å². The zero-order valence-corrected chi connectivity index (χ0v) is 10.0. The van der Waals surface area contributed by atoms with Gasteiger partial charge in [-0.25, -0.2) is 9.97 Å². The number of imidazole rings is 1. The second-order valence-corrected chi connectivity index (χ2v) is 4.14. The van der Waals surface area contributed by atoms with E-state index < -0.39 is 0 Å². The van der Waals surface area contributed by atoms with E-state index in [1.165, 1.54) is 0 Å². The summed E-state index contributed by atoms with van der Waals surface area (Å²) in [7, 11) is 0. The molecule has 1 N–H and O–H groups in total. The second kappa shape index (κ2) is 4.12. The lowest BCUT2D eigenvalue weighted by molar-refractivity contribution is 0.938. The molecule has 2 aromatic heterocycles. The summed E-state index contributed by atoms with van der Waals surface area (Å²) >= 11 is 2.24. The largest absolute Gasteiger partial charge is 0.355 e. The van der Waals surface area contributed by atoms with E-state index in [1.54, 1.807) is 6.20 Å². The van der Waals surface area contributed by atoms with Crippen molar-refractivity contribution in [2.45, 2.75) is 13.3 Å². The first-order chi connectivity index (χ1) is 6.83. The van der Waals surface area contributed by atoms with E-state index in [9.17, 15) is 0 Å². The highest BCUT2D eigenvalue weighted by atomic mass is 127. The van der Waals surface area contributed by atoms with Crippen molar-refractivity contribution in [2.24, 2.45) is 0 Å². The van der Waals surface area contributed by atoms with Crippen LogP contribution >= 0.6 is 22.6 Å². The van der Waals surface area contributed by atoms with Gasteiger partial charge in [-0.2, -0.15) is 0 Å². The molecule has 2 aromatic rings. The van der Waals surface area contributed by atoms with Crippen molar-refractivity contribution < 1.29 is 0 Å². The van der Waals surface area contributed by atoms with Gasteiger partial charge < -0.3 is 5.32 Å². The average molecular weight is 302 g/mol. The molecule has 0 spiro atoms. The van der Waals surface area contributed by atoms with Crippen LogP contribution in [0, 0.1) is 3.57 Å². The van der Waals surface area contributed by atoms with E-state index in [0.29, 0.717) is 0 Å². The molecule has 0 aromatic carbocycles. The Labute approximate surface area is 95.9 Å². The van der Waals surface area contributed by atoms with E-state index in [4.69, 9.17) is 0 Å². The van der Waals surface area contributed by atoms with Gasteiger partial charge in [-0.1, -0.05) is 6.92 Å². The molecule has 0 aliphatic carbocycles. The third-order valence-corrected chi connectivity index (χ3v) is 2.68. The summed E-state index contributed by atoms with van der Waals surface area (Å²) in [5, 5.41) is 3.26. The first kappa shape index (κ1) is 9.70. The number of fused-ring (bicyclic) bond motifs is 1. The van der Waals surface area contributed by atoms with Crippen LogP contribution in [0.3, 0.4) is 0 Å². The zero-order chi connectivity index (χ0) is 9.97. The van der Waals surface area contributed by atoms with Crippen LogP contribution in [0.1, 0.15) is 13.3 Å². The summed E-state index contributed by atoms with van der Waals surface area (Å²) in [6.45, 7) is 3.06. The van der Waals surface area contributed by atoms with Gasteiger partial charge in [-0.05, 0) is 29.0 Å². The highest BCUT2D eigenvalue weighted by Gasteiger charge is 2.04. The Morgan fingerprint density at radius 2 is 2.36 bits per heavy atom. The lowest BCUT2D eigenvalue weighted by Gasteiger charge is -2.06. The normalized spacial score (nSPS) is 10.7. The minimum absolute atomic E-state index is 0.861. The average Bonchev–Trinajstić information content (AvgIpc) is 2.66. The minimum atomic E-state index is 0.861. The first-order valence-electron chi connectivity index (χ1n) is 4.54. The maximum atomic E-state index is 4.32. The molecule has 0 unspecified atom stereocenters. The molecule has 74 valence electrons. The van der Waals surface area contributed by atoms with Crippen LogP contribution in [-0.2, 0) is 0 Å². The Kier molecular flexibility index (Phi) is 2.85. The van der Waals surface area contributed by atoms with Crippen molar-refractivity contribution in [3.8, 4) is 0 Å². The van der Waals surface area contributed by atoms with Gasteiger partial charge in [-0.3, -0.25) is 4.40 Å². The van der Waals surface area contributed by atoms with Crippen LogP contribution in [0.15, 0.2) is 18.6 Å². The minimum Gasteiger partial charge on any atom is -0.355 e. The number of nitrogens with one attached hydrogen (secondary N) is 1. The van der Waals surface area contributed by atoms with Gasteiger partial charge in [0.2, 0.25) is 5.95 Å². The highest BCUT2D eigenvalue weighted by molar-refractivity contribution is 14.1. The Balaban J connectivity index is 2.45. The van der Waals surface area contributed by atoms with Crippen molar-refractivity contribution in [1.82, 2.24) is 14.4 Å². The molecule has 0 amide bonds. The Morgan fingerprint density at radius 1 is 1.50 bits per heavy atom. The van der Waals surface area contributed by atoms with Crippen LogP contribution in [0.5, 0.6) is 0 Å². The fourth-order valence-electron chi connectivity index (χ4n) is 1.26. The summed E-state index contributed by atoms with van der Waals surface area (Å²) in [6, 6.07) is 0. The van der Waals surface area contributed by atoms with Crippen LogP contribution < -0.4 is 5.32 Å². The summed E-state index contributed by atoms with van der Waals surface area (Å²) < 4.78 is 3.03. The number of hydrogen-bond donors (Lipinski definition) is 1. The molecular weight excluding hydrogens is 291 g/mol. The second-order valence-electron chi connectivity index (χ2n) is 2.98. The number of hydrogen-bond acceptors (Lipinski definition) is 3. The fraction of sp³-hybridized carbons (Fsp3) is 0.333. The van der Waals surface area contributed by atoms with Crippen molar-refractivity contribution in [3.05, 3.63) is 22.2 Å². The van der Waals surface area contributed by atoms with E-state index in [1.807, 2.05) is 16.8 Å². The van der Waals surface area contributed by atoms with E-state index >= 15 is 0 Å². The third-order valence-electron chi connectivity index (χ3n) is 1.92. The van der Waals surface area contributed by atoms with Crippen LogP contribution in [0.2, 0.25) is 0 Å². The van der Waals surface area contributed by atoms with Crippen molar-refractivity contribution in [3.63, 3.8) is 0 Å². The summed E-state index contributed by atoms with van der Waals surface area (Å²) in [5.74, 6) is 0.861. The Morgan fingerprint density at radius 3 is 3.14 bits per heavy atom. The predicted molar refractivity (Wildman–Crippen MR) is 64.5 cm³/mol. The quantitative estimate of drug-likeness (QED) is 0.884. The number of anilines is 1. The van der Waals surface area contributed by atoms with Gasteiger partial charge in [0.1, 0.15) is 0 Å². The molecule has 0 fully saturated rings. The molecule has 0 aliphatic heterocycles. The lowest BCUT2D eigenvalue weighted by Crippen LogP contribution is -2.07. The fourth-order valence-corrected chi connectivity index (χ4v) is 1.79. The van der Waals surface area contributed by atoms with Crippen molar-refractivity contribution in [1.29, 1.82) is 0 Å². The monoisotopic (exact) mass is 302 g/mol. The van der Waals surface area contributed by atoms with Crippen LogP contribution in [0.25, 0.3) is 5.65 Å². The standard InChI is InChI=1S/C9H11IN4/c1-2-3-12-9-13-6-7(10)8-11-4-5-14(8)9/h4-6H,2-3H2,1H3,(H,12,13). The lowest BCUT2D eigenvalue weighted by atomic mass is 10.5. The van der Waals surface area contributed by atoms with Gasteiger partial charge in [0.25, 0.3) is 0 Å². The zero-order valence-electron chi connectivity index (χ0n) is 7.87. The number of nitrogens with zero attached hydrogens (tertiary/aromatic N) is 3. The highest BCUT2D eigenvalue weighted by Crippen LogP contribution is 2.14. The van der Waals surface area contributed by atoms with Gasteiger partial charge in [-0.15, -0.1) is 0 Å². The molecule has 2 heterocycles. The van der Waals surface area contributed by atoms with Gasteiger partial charge in [0, 0.05) is 25.1 Å². The van der Waals surface area contributed by atoms with E-state index in [0.717, 1.165) is 28.1 Å². The molecule has 0 radical (unpaired) electrons. The molecule has 0 saturated heterocycles. The van der Waals surface area contributed by atoms with Gasteiger partial charge >= 0.3 is 0 Å². The summed E-state index contributed by atoms with van der Waals surface area (Å²) in [6.07, 6.45) is 6.63. The van der Waals surface area contributed by atoms with Gasteiger partial charge in [0.15, 0.2) is 5.65 Å². The maximum absolute atomic E-state index is 4.32. The van der Waals surface area contributed by atoms with E-state index in [2.05, 4.69) is 44.8 Å². The molecule has 5 heteroatoms.